The number of aryl methyl sites for hydroxylation is 1. The highest BCUT2D eigenvalue weighted by molar-refractivity contribution is 7.92. The second-order valence-electron chi connectivity index (χ2n) is 10.4. The van der Waals surface area contributed by atoms with Gasteiger partial charge in [-0.05, 0) is 68.0 Å². The number of nitrogens with one attached hydrogen (secondary N) is 1. The van der Waals surface area contributed by atoms with Crippen LogP contribution in [-0.2, 0) is 32.6 Å². The maximum absolute atomic E-state index is 13.5. The second kappa shape index (κ2) is 14.4. The molecule has 2 amide bonds. The predicted octanol–water partition coefficient (Wildman–Crippen LogP) is 4.67. The standard InChI is InChI=1S/C30H43N3O5S/c1-5-24-16-18-27(19-17-24)33(39(4,36)37)20-10-15-29(34)32(22-25-11-9-14-28(21-25)38-3)23(2)30(35)31-26-12-7-6-8-13-26/h9,11,14,16-19,21,23,26H,5-8,10,12-13,15,20,22H2,1-4H3,(H,31,35). The molecule has 1 unspecified atom stereocenters. The topological polar surface area (TPSA) is 96.0 Å². The largest absolute Gasteiger partial charge is 0.497 e. The van der Waals surface area contributed by atoms with E-state index in [-0.39, 0.29) is 37.4 Å². The van der Waals surface area contributed by atoms with Gasteiger partial charge in [0.15, 0.2) is 0 Å². The molecule has 1 N–H and O–H groups in total. The number of ether oxygens (including phenoxy) is 1. The molecule has 0 aromatic heterocycles. The number of sulfonamides is 1. The maximum atomic E-state index is 13.5. The summed E-state index contributed by atoms with van der Waals surface area (Å²) in [5.74, 6) is 0.322. The third-order valence-electron chi connectivity index (χ3n) is 7.39. The number of carbonyl (C=O) groups excluding carboxylic acids is 2. The van der Waals surface area contributed by atoms with Gasteiger partial charge in [-0.15, -0.1) is 0 Å². The molecule has 214 valence electrons. The zero-order valence-corrected chi connectivity index (χ0v) is 24.5. The smallest absolute Gasteiger partial charge is 0.242 e. The lowest BCUT2D eigenvalue weighted by Gasteiger charge is -2.31. The Hall–Kier alpha value is -3.07. The van der Waals surface area contributed by atoms with E-state index in [1.165, 1.54) is 17.0 Å². The van der Waals surface area contributed by atoms with Crippen LogP contribution in [0.2, 0.25) is 0 Å². The Labute approximate surface area is 233 Å². The molecule has 1 atom stereocenters. The molecule has 9 heteroatoms. The van der Waals surface area contributed by atoms with Crippen LogP contribution in [0, 0.1) is 0 Å². The van der Waals surface area contributed by atoms with Gasteiger partial charge in [-0.2, -0.15) is 0 Å². The Kier molecular flexibility index (Phi) is 11.2. The van der Waals surface area contributed by atoms with Crippen LogP contribution in [0.5, 0.6) is 5.75 Å². The summed E-state index contributed by atoms with van der Waals surface area (Å²) in [6.45, 7) is 4.23. The van der Waals surface area contributed by atoms with E-state index in [0.29, 0.717) is 17.9 Å². The lowest BCUT2D eigenvalue weighted by atomic mass is 9.95. The monoisotopic (exact) mass is 557 g/mol. The fourth-order valence-corrected chi connectivity index (χ4v) is 5.99. The van der Waals surface area contributed by atoms with E-state index >= 15 is 0 Å². The van der Waals surface area contributed by atoms with Crippen molar-refractivity contribution in [2.24, 2.45) is 0 Å². The van der Waals surface area contributed by atoms with E-state index in [1.807, 2.05) is 43.3 Å². The summed E-state index contributed by atoms with van der Waals surface area (Å²) in [6, 6.07) is 14.4. The van der Waals surface area contributed by atoms with Crippen LogP contribution >= 0.6 is 0 Å². The van der Waals surface area contributed by atoms with Gasteiger partial charge >= 0.3 is 0 Å². The van der Waals surface area contributed by atoms with Gasteiger partial charge in [0, 0.05) is 25.6 Å². The number of hydrogen-bond acceptors (Lipinski definition) is 5. The summed E-state index contributed by atoms with van der Waals surface area (Å²) >= 11 is 0. The quantitative estimate of drug-likeness (QED) is 0.386. The number of benzene rings is 2. The van der Waals surface area contributed by atoms with Crippen LogP contribution < -0.4 is 14.4 Å². The molecule has 0 aliphatic heterocycles. The number of anilines is 1. The SMILES string of the molecule is CCc1ccc(N(CCCC(=O)N(Cc2cccc(OC)c2)C(C)C(=O)NC2CCCCC2)S(C)(=O)=O)cc1. The number of methoxy groups -OCH3 is 1. The summed E-state index contributed by atoms with van der Waals surface area (Å²) in [7, 11) is -1.94. The summed E-state index contributed by atoms with van der Waals surface area (Å²) < 4.78 is 31.8. The van der Waals surface area contributed by atoms with Gasteiger partial charge in [0.25, 0.3) is 0 Å². The number of hydrogen-bond donors (Lipinski definition) is 1. The van der Waals surface area contributed by atoms with E-state index in [1.54, 1.807) is 31.1 Å². The molecule has 1 aliphatic rings. The molecule has 0 heterocycles. The van der Waals surface area contributed by atoms with Gasteiger partial charge < -0.3 is 15.0 Å². The van der Waals surface area contributed by atoms with E-state index in [2.05, 4.69) is 5.32 Å². The summed E-state index contributed by atoms with van der Waals surface area (Å²) in [6.07, 6.45) is 7.80. The lowest BCUT2D eigenvalue weighted by molar-refractivity contribution is -0.141. The van der Waals surface area contributed by atoms with Crippen molar-refractivity contribution in [3.63, 3.8) is 0 Å². The molecule has 3 rings (SSSR count). The Morgan fingerprint density at radius 3 is 2.36 bits per heavy atom. The first-order valence-corrected chi connectivity index (χ1v) is 15.8. The number of nitrogens with zero attached hydrogens (tertiary/aromatic N) is 2. The average Bonchev–Trinajstić information content (AvgIpc) is 2.93. The van der Waals surface area contributed by atoms with Crippen molar-refractivity contribution in [1.29, 1.82) is 0 Å². The Bertz CT molecular complexity index is 1190. The molecule has 8 nitrogen and oxygen atoms in total. The molecular weight excluding hydrogens is 514 g/mol. The van der Waals surface area contributed by atoms with Crippen LogP contribution in [0.4, 0.5) is 5.69 Å². The van der Waals surface area contributed by atoms with Crippen LogP contribution in [0.25, 0.3) is 0 Å². The van der Waals surface area contributed by atoms with E-state index in [4.69, 9.17) is 4.74 Å². The minimum Gasteiger partial charge on any atom is -0.497 e. The third kappa shape index (κ3) is 8.98. The molecule has 0 saturated heterocycles. The molecule has 2 aromatic carbocycles. The normalized spacial score (nSPS) is 14.9. The summed E-state index contributed by atoms with van der Waals surface area (Å²) in [5, 5.41) is 3.14. The van der Waals surface area contributed by atoms with E-state index in [9.17, 15) is 18.0 Å². The lowest BCUT2D eigenvalue weighted by Crippen LogP contribution is -2.50. The average molecular weight is 558 g/mol. The third-order valence-corrected chi connectivity index (χ3v) is 8.58. The molecule has 0 bridgehead atoms. The maximum Gasteiger partial charge on any atom is 0.242 e. The molecule has 0 radical (unpaired) electrons. The molecule has 1 aliphatic carbocycles. The van der Waals surface area contributed by atoms with Crippen LogP contribution in [0.1, 0.15) is 69.9 Å². The molecular formula is C30H43N3O5S. The van der Waals surface area contributed by atoms with Crippen molar-refractivity contribution in [1.82, 2.24) is 10.2 Å². The fourth-order valence-electron chi connectivity index (χ4n) is 5.02. The fraction of sp³-hybridized carbons (Fsp3) is 0.533. The van der Waals surface area contributed by atoms with Crippen molar-refractivity contribution < 1.29 is 22.7 Å². The highest BCUT2D eigenvalue weighted by Gasteiger charge is 2.28. The first-order valence-electron chi connectivity index (χ1n) is 13.9. The molecule has 0 spiro atoms. The van der Waals surface area contributed by atoms with Gasteiger partial charge in [0.05, 0.1) is 19.1 Å². The number of rotatable bonds is 13. The van der Waals surface area contributed by atoms with E-state index < -0.39 is 16.1 Å². The van der Waals surface area contributed by atoms with E-state index in [0.717, 1.165) is 43.2 Å². The number of carbonyl (C=O) groups is 2. The van der Waals surface area contributed by atoms with Crippen molar-refractivity contribution in [3.8, 4) is 5.75 Å². The van der Waals surface area contributed by atoms with Gasteiger partial charge in [-0.25, -0.2) is 8.42 Å². The van der Waals surface area contributed by atoms with Crippen molar-refractivity contribution in [3.05, 3.63) is 59.7 Å². The Morgan fingerprint density at radius 2 is 1.74 bits per heavy atom. The van der Waals surface area contributed by atoms with Gasteiger partial charge in [-0.1, -0.05) is 50.5 Å². The Morgan fingerprint density at radius 1 is 1.05 bits per heavy atom. The summed E-state index contributed by atoms with van der Waals surface area (Å²) in [4.78, 5) is 28.3. The number of amides is 2. The van der Waals surface area contributed by atoms with Crippen LogP contribution in [0.15, 0.2) is 48.5 Å². The minimum atomic E-state index is -3.53. The Balaban J connectivity index is 1.72. The van der Waals surface area contributed by atoms with Gasteiger partial charge in [0.2, 0.25) is 21.8 Å². The molecule has 39 heavy (non-hydrogen) atoms. The van der Waals surface area contributed by atoms with Crippen LogP contribution in [0.3, 0.4) is 0 Å². The van der Waals surface area contributed by atoms with Crippen molar-refractivity contribution in [2.45, 2.75) is 83.8 Å². The summed E-state index contributed by atoms with van der Waals surface area (Å²) in [5.41, 5.74) is 2.56. The zero-order chi connectivity index (χ0) is 28.4. The molecule has 2 aromatic rings. The molecule has 1 saturated carbocycles. The van der Waals surface area contributed by atoms with Crippen molar-refractivity contribution in [2.75, 3.05) is 24.2 Å². The first-order chi connectivity index (χ1) is 18.6. The highest BCUT2D eigenvalue weighted by Crippen LogP contribution is 2.22. The van der Waals surface area contributed by atoms with Gasteiger partial charge in [-0.3, -0.25) is 13.9 Å². The highest BCUT2D eigenvalue weighted by atomic mass is 32.2. The van der Waals surface area contributed by atoms with Gasteiger partial charge in [0.1, 0.15) is 11.8 Å². The zero-order valence-electron chi connectivity index (χ0n) is 23.7. The molecule has 1 fully saturated rings. The second-order valence-corrected chi connectivity index (χ2v) is 12.3. The minimum absolute atomic E-state index is 0.115. The van der Waals surface area contributed by atoms with Crippen LogP contribution in [-0.4, -0.2) is 57.1 Å². The first kappa shape index (κ1) is 30.5. The van der Waals surface area contributed by atoms with Crippen molar-refractivity contribution >= 4 is 27.5 Å². The predicted molar refractivity (Wildman–Crippen MR) is 155 cm³/mol.